The third kappa shape index (κ3) is 46.0. The number of unbranched alkanes of at least 4 members (excludes halogenated alkanes) is 21. The highest BCUT2D eigenvalue weighted by atomic mass is 16.6. The van der Waals surface area contributed by atoms with E-state index >= 15 is 0 Å². The van der Waals surface area contributed by atoms with E-state index in [0.29, 0.717) is 13.0 Å². The topological polar surface area (TPSA) is 55.8 Å². The van der Waals surface area contributed by atoms with Crippen molar-refractivity contribution in [2.75, 3.05) is 19.8 Å². The van der Waals surface area contributed by atoms with Crippen LogP contribution in [0.25, 0.3) is 0 Å². The van der Waals surface area contributed by atoms with Gasteiger partial charge in [0.2, 0.25) is 0 Å². The molecule has 0 aromatic carbocycles. The van der Waals surface area contributed by atoms with Gasteiger partial charge in [0.15, 0.2) is 0 Å². The summed E-state index contributed by atoms with van der Waals surface area (Å²) < 4.78 is 11.2. The van der Waals surface area contributed by atoms with Crippen LogP contribution in [0.15, 0.2) is 85.1 Å². The third-order valence-corrected chi connectivity index (χ3v) is 9.98. The number of rotatable bonds is 43. The molecule has 0 aromatic heterocycles. The molecule has 4 heteroatoms. The average Bonchev–Trinajstić information content (AvgIpc) is 3.20. The van der Waals surface area contributed by atoms with Crippen molar-refractivity contribution in [2.45, 2.75) is 219 Å². The number of ether oxygens (including phenoxy) is 2. The first-order valence-electron chi connectivity index (χ1n) is 23.7. The van der Waals surface area contributed by atoms with Crippen LogP contribution in [0.3, 0.4) is 0 Å². The second kappa shape index (κ2) is 48.7. The Morgan fingerprint density at radius 2 is 0.804 bits per heavy atom. The van der Waals surface area contributed by atoms with Crippen molar-refractivity contribution in [3.8, 4) is 0 Å². The standard InChI is InChI=1S/C52H90O4/c1-3-5-7-9-11-13-15-17-19-21-23-24-25-26-27-28-29-30-32-34-36-38-40-42-44-46-48-55-50-51(49-53)56-52(54)47-45-43-41-39-37-35-33-31-22-20-18-16-14-12-10-8-6-4-2/h5,7,11,13,17,19,23-24,26-27,29-30,34,36,51,53H,3-4,6,8-10,12,14-16,18,20-22,25,28,31-33,35,37-50H2,1-2H3/b7-5-,13-11-,19-17-,24-23-,27-26-,30-29-,36-34-. The second-order valence-electron chi connectivity index (χ2n) is 15.5. The Morgan fingerprint density at radius 3 is 1.21 bits per heavy atom. The molecule has 0 aliphatic carbocycles. The zero-order valence-electron chi connectivity index (χ0n) is 36.9. The molecule has 0 radical (unpaired) electrons. The number of aliphatic hydroxyl groups excluding tert-OH is 1. The molecular weight excluding hydrogens is 689 g/mol. The Kier molecular flexibility index (Phi) is 46.6. The van der Waals surface area contributed by atoms with Gasteiger partial charge >= 0.3 is 5.97 Å². The molecule has 1 N–H and O–H groups in total. The van der Waals surface area contributed by atoms with Gasteiger partial charge in [-0.3, -0.25) is 4.79 Å². The first-order chi connectivity index (χ1) is 27.7. The quantitative estimate of drug-likeness (QED) is 0.0380. The minimum absolute atomic E-state index is 0.185. The molecule has 0 aromatic rings. The molecule has 4 nitrogen and oxygen atoms in total. The van der Waals surface area contributed by atoms with Gasteiger partial charge in [0.1, 0.15) is 6.10 Å². The van der Waals surface area contributed by atoms with Crippen LogP contribution in [0.4, 0.5) is 0 Å². The summed E-state index contributed by atoms with van der Waals surface area (Å²) in [4.78, 5) is 12.2. The molecule has 0 rings (SSSR count). The summed E-state index contributed by atoms with van der Waals surface area (Å²) in [7, 11) is 0. The van der Waals surface area contributed by atoms with E-state index in [1.807, 2.05) is 0 Å². The minimum atomic E-state index is -0.552. The molecule has 0 heterocycles. The van der Waals surface area contributed by atoms with E-state index < -0.39 is 6.10 Å². The molecule has 322 valence electrons. The van der Waals surface area contributed by atoms with E-state index in [1.165, 1.54) is 116 Å². The van der Waals surface area contributed by atoms with Crippen LogP contribution >= 0.6 is 0 Å². The van der Waals surface area contributed by atoms with E-state index in [9.17, 15) is 9.90 Å². The summed E-state index contributed by atoms with van der Waals surface area (Å²) in [5, 5.41) is 9.63. The highest BCUT2D eigenvalue weighted by Crippen LogP contribution is 2.15. The summed E-state index contributed by atoms with van der Waals surface area (Å²) in [6.07, 6.45) is 68.0. The lowest BCUT2D eigenvalue weighted by atomic mass is 10.0. The number of carbonyl (C=O) groups excluding carboxylic acids is 1. The molecule has 0 bridgehead atoms. The van der Waals surface area contributed by atoms with Crippen LogP contribution in [-0.4, -0.2) is 37.0 Å². The summed E-state index contributed by atoms with van der Waals surface area (Å²) >= 11 is 0. The van der Waals surface area contributed by atoms with Crippen molar-refractivity contribution in [1.82, 2.24) is 0 Å². The van der Waals surface area contributed by atoms with Crippen molar-refractivity contribution in [2.24, 2.45) is 0 Å². The second-order valence-corrected chi connectivity index (χ2v) is 15.5. The highest BCUT2D eigenvalue weighted by Gasteiger charge is 2.13. The SMILES string of the molecule is CC/C=C\C/C=C\C/C=C\C/C=C\C/C=C\C/C=C\C/C=C\CCCCCCOCC(CO)OC(=O)CCCCCCCCCCCCCCCCCCCC. The minimum Gasteiger partial charge on any atom is -0.457 e. The fourth-order valence-corrected chi connectivity index (χ4v) is 6.49. The first kappa shape index (κ1) is 53.6. The molecule has 56 heavy (non-hydrogen) atoms. The van der Waals surface area contributed by atoms with Gasteiger partial charge in [-0.15, -0.1) is 0 Å². The van der Waals surface area contributed by atoms with E-state index in [4.69, 9.17) is 9.47 Å². The number of allylic oxidation sites excluding steroid dienone is 14. The van der Waals surface area contributed by atoms with Crippen LogP contribution in [0.2, 0.25) is 0 Å². The Balaban J connectivity index is 3.52. The Bertz CT molecular complexity index is 1000. The van der Waals surface area contributed by atoms with Gasteiger partial charge in [-0.2, -0.15) is 0 Å². The number of hydrogen-bond acceptors (Lipinski definition) is 4. The van der Waals surface area contributed by atoms with E-state index in [0.717, 1.165) is 77.0 Å². The molecule has 0 fully saturated rings. The molecule has 0 aliphatic rings. The lowest BCUT2D eigenvalue weighted by molar-refractivity contribution is -0.154. The molecule has 0 saturated carbocycles. The van der Waals surface area contributed by atoms with Gasteiger partial charge in [-0.25, -0.2) is 0 Å². The Hall–Kier alpha value is -2.43. The maximum atomic E-state index is 12.2. The summed E-state index contributed by atoms with van der Waals surface area (Å²) in [5.41, 5.74) is 0. The molecule has 1 unspecified atom stereocenters. The summed E-state index contributed by atoms with van der Waals surface area (Å²) in [6, 6.07) is 0. The fourth-order valence-electron chi connectivity index (χ4n) is 6.49. The van der Waals surface area contributed by atoms with Crippen molar-refractivity contribution in [1.29, 1.82) is 0 Å². The van der Waals surface area contributed by atoms with Crippen LogP contribution in [-0.2, 0) is 14.3 Å². The summed E-state index contributed by atoms with van der Waals surface area (Å²) in [6.45, 7) is 5.19. The lowest BCUT2D eigenvalue weighted by Gasteiger charge is -2.15. The number of esters is 1. The molecular formula is C52H90O4. The van der Waals surface area contributed by atoms with Crippen LogP contribution in [0.5, 0.6) is 0 Å². The molecule has 0 saturated heterocycles. The third-order valence-electron chi connectivity index (χ3n) is 9.98. The van der Waals surface area contributed by atoms with Crippen LogP contribution in [0, 0.1) is 0 Å². The lowest BCUT2D eigenvalue weighted by Crippen LogP contribution is -2.27. The largest absolute Gasteiger partial charge is 0.457 e. The maximum Gasteiger partial charge on any atom is 0.306 e. The number of carbonyl (C=O) groups is 1. The molecule has 0 spiro atoms. The van der Waals surface area contributed by atoms with E-state index in [2.05, 4.69) is 98.9 Å². The van der Waals surface area contributed by atoms with Crippen molar-refractivity contribution >= 4 is 5.97 Å². The van der Waals surface area contributed by atoms with Crippen molar-refractivity contribution in [3.63, 3.8) is 0 Å². The molecule has 0 amide bonds. The van der Waals surface area contributed by atoms with Gasteiger partial charge in [-0.1, -0.05) is 221 Å². The van der Waals surface area contributed by atoms with Gasteiger partial charge in [-0.05, 0) is 70.6 Å². The molecule has 1 atom stereocenters. The predicted molar refractivity (Wildman–Crippen MR) is 246 cm³/mol. The first-order valence-corrected chi connectivity index (χ1v) is 23.7. The monoisotopic (exact) mass is 779 g/mol. The zero-order chi connectivity index (χ0) is 40.5. The predicted octanol–water partition coefficient (Wildman–Crippen LogP) is 15.9. The Morgan fingerprint density at radius 1 is 0.446 bits per heavy atom. The van der Waals surface area contributed by atoms with Crippen molar-refractivity contribution in [3.05, 3.63) is 85.1 Å². The van der Waals surface area contributed by atoms with Gasteiger partial charge in [0.05, 0.1) is 13.2 Å². The van der Waals surface area contributed by atoms with Gasteiger partial charge in [0, 0.05) is 13.0 Å². The van der Waals surface area contributed by atoms with E-state index in [-0.39, 0.29) is 19.2 Å². The highest BCUT2D eigenvalue weighted by molar-refractivity contribution is 5.69. The average molecular weight is 779 g/mol. The van der Waals surface area contributed by atoms with Gasteiger partial charge in [0.25, 0.3) is 0 Å². The van der Waals surface area contributed by atoms with E-state index in [1.54, 1.807) is 0 Å². The summed E-state index contributed by atoms with van der Waals surface area (Å²) in [5.74, 6) is -0.210. The van der Waals surface area contributed by atoms with Crippen molar-refractivity contribution < 1.29 is 19.4 Å². The normalized spacial score (nSPS) is 13.1. The zero-order valence-corrected chi connectivity index (χ0v) is 36.9. The maximum absolute atomic E-state index is 12.2. The number of aliphatic hydroxyl groups is 1. The fraction of sp³-hybridized carbons (Fsp3) is 0.712. The smallest absolute Gasteiger partial charge is 0.306 e. The van der Waals surface area contributed by atoms with Gasteiger partial charge < -0.3 is 14.6 Å². The Labute approximate surface area is 348 Å². The van der Waals surface area contributed by atoms with Crippen LogP contribution in [0.1, 0.15) is 213 Å². The van der Waals surface area contributed by atoms with Crippen LogP contribution < -0.4 is 0 Å². The molecule has 0 aliphatic heterocycles. The number of hydrogen-bond donors (Lipinski definition) is 1.